The highest BCUT2D eigenvalue weighted by atomic mass is 19.1. The molecule has 0 fully saturated rings. The number of para-hydroxylation sites is 1. The van der Waals surface area contributed by atoms with Crippen molar-refractivity contribution in [3.05, 3.63) is 54.1 Å². The second kappa shape index (κ2) is 6.21. The number of amides is 2. The lowest BCUT2D eigenvalue weighted by molar-refractivity contribution is 0.262. The third kappa shape index (κ3) is 3.68. The number of rotatable bonds is 3. The molecule has 4 nitrogen and oxygen atoms in total. The molecular formula is C15H15F2N3O. The normalized spacial score (nSPS) is 10.1. The number of benzene rings is 2. The Balaban J connectivity index is 2.05. The molecule has 6 heteroatoms. The second-order valence-corrected chi connectivity index (χ2v) is 4.62. The summed E-state index contributed by atoms with van der Waals surface area (Å²) in [7, 11) is 3.80. The first-order chi connectivity index (χ1) is 9.97. The van der Waals surface area contributed by atoms with E-state index in [-0.39, 0.29) is 0 Å². The first-order valence-electron chi connectivity index (χ1n) is 6.27. The third-order valence-corrected chi connectivity index (χ3v) is 2.84. The number of hydrogen-bond donors (Lipinski definition) is 2. The molecule has 0 atom stereocenters. The van der Waals surface area contributed by atoms with Crippen LogP contribution in [0.1, 0.15) is 0 Å². The van der Waals surface area contributed by atoms with E-state index in [1.807, 2.05) is 31.1 Å². The van der Waals surface area contributed by atoms with Crippen LogP contribution in [0.5, 0.6) is 0 Å². The molecule has 0 unspecified atom stereocenters. The predicted octanol–water partition coefficient (Wildman–Crippen LogP) is 3.67. The van der Waals surface area contributed by atoms with Crippen LogP contribution in [0.2, 0.25) is 0 Å². The SMILES string of the molecule is CN(C)c1ccc(NC(=O)Nc2c(F)cccc2F)cc1. The summed E-state index contributed by atoms with van der Waals surface area (Å²) < 4.78 is 26.8. The summed E-state index contributed by atoms with van der Waals surface area (Å²) in [6, 6.07) is 9.71. The molecule has 2 N–H and O–H groups in total. The maximum Gasteiger partial charge on any atom is 0.323 e. The van der Waals surface area contributed by atoms with E-state index >= 15 is 0 Å². The summed E-state index contributed by atoms with van der Waals surface area (Å²) in [6.45, 7) is 0. The molecule has 2 aromatic carbocycles. The Hall–Kier alpha value is -2.63. The van der Waals surface area contributed by atoms with Gasteiger partial charge in [0.05, 0.1) is 0 Å². The van der Waals surface area contributed by atoms with Crippen molar-refractivity contribution in [1.82, 2.24) is 0 Å². The van der Waals surface area contributed by atoms with Crippen molar-refractivity contribution in [1.29, 1.82) is 0 Å². The topological polar surface area (TPSA) is 44.4 Å². The molecule has 0 saturated carbocycles. The molecular weight excluding hydrogens is 276 g/mol. The summed E-state index contributed by atoms with van der Waals surface area (Å²) in [6.07, 6.45) is 0. The molecule has 2 rings (SSSR count). The average Bonchev–Trinajstić information content (AvgIpc) is 2.43. The van der Waals surface area contributed by atoms with Gasteiger partial charge in [-0.05, 0) is 36.4 Å². The lowest BCUT2D eigenvalue weighted by atomic mass is 10.2. The van der Waals surface area contributed by atoms with E-state index in [0.717, 1.165) is 17.8 Å². The molecule has 0 aliphatic rings. The first kappa shape index (κ1) is 14.8. The first-order valence-corrected chi connectivity index (χ1v) is 6.27. The minimum Gasteiger partial charge on any atom is -0.378 e. The van der Waals surface area contributed by atoms with Crippen molar-refractivity contribution in [3.8, 4) is 0 Å². The average molecular weight is 291 g/mol. The fraction of sp³-hybridized carbons (Fsp3) is 0.133. The Morgan fingerprint density at radius 3 is 2.05 bits per heavy atom. The van der Waals surface area contributed by atoms with Crippen LogP contribution in [0.3, 0.4) is 0 Å². The van der Waals surface area contributed by atoms with Gasteiger partial charge >= 0.3 is 6.03 Å². The van der Waals surface area contributed by atoms with Gasteiger partial charge in [-0.25, -0.2) is 13.6 Å². The van der Waals surface area contributed by atoms with Crippen molar-refractivity contribution in [2.45, 2.75) is 0 Å². The van der Waals surface area contributed by atoms with Crippen molar-refractivity contribution in [2.24, 2.45) is 0 Å². The van der Waals surface area contributed by atoms with Gasteiger partial charge in [-0.1, -0.05) is 6.07 Å². The van der Waals surface area contributed by atoms with Gasteiger partial charge in [-0.3, -0.25) is 0 Å². The summed E-state index contributed by atoms with van der Waals surface area (Å²) in [5, 5.41) is 4.66. The number of nitrogens with zero attached hydrogens (tertiary/aromatic N) is 1. The molecule has 2 aromatic rings. The number of nitrogens with one attached hydrogen (secondary N) is 2. The highest BCUT2D eigenvalue weighted by Gasteiger charge is 2.11. The Morgan fingerprint density at radius 2 is 1.52 bits per heavy atom. The number of anilines is 3. The van der Waals surface area contributed by atoms with Crippen molar-refractivity contribution in [3.63, 3.8) is 0 Å². The lowest BCUT2D eigenvalue weighted by Gasteiger charge is -2.13. The fourth-order valence-electron chi connectivity index (χ4n) is 1.74. The molecule has 0 saturated heterocycles. The van der Waals surface area contributed by atoms with E-state index in [1.165, 1.54) is 6.07 Å². The van der Waals surface area contributed by atoms with Gasteiger partial charge in [0.2, 0.25) is 0 Å². The minimum absolute atomic E-state index is 0.472. The van der Waals surface area contributed by atoms with Gasteiger partial charge in [0.25, 0.3) is 0 Å². The molecule has 0 aromatic heterocycles. The van der Waals surface area contributed by atoms with Crippen LogP contribution < -0.4 is 15.5 Å². The van der Waals surface area contributed by atoms with E-state index in [9.17, 15) is 13.6 Å². The second-order valence-electron chi connectivity index (χ2n) is 4.62. The summed E-state index contributed by atoms with van der Waals surface area (Å²) in [5.74, 6) is -1.65. The number of carbonyl (C=O) groups is 1. The van der Waals surface area contributed by atoms with Crippen LogP contribution in [0.4, 0.5) is 30.6 Å². The molecule has 0 aliphatic heterocycles. The van der Waals surface area contributed by atoms with Crippen LogP contribution in [-0.4, -0.2) is 20.1 Å². The maximum absolute atomic E-state index is 13.4. The van der Waals surface area contributed by atoms with E-state index in [2.05, 4.69) is 10.6 Å². The van der Waals surface area contributed by atoms with Gasteiger partial charge in [-0.15, -0.1) is 0 Å². The standard InChI is InChI=1S/C15H15F2N3O/c1-20(2)11-8-6-10(7-9-11)18-15(21)19-14-12(16)4-3-5-13(14)17/h3-9H,1-2H3,(H2,18,19,21). The molecule has 110 valence electrons. The van der Waals surface area contributed by atoms with Gasteiger partial charge in [-0.2, -0.15) is 0 Å². The monoisotopic (exact) mass is 291 g/mol. The fourth-order valence-corrected chi connectivity index (χ4v) is 1.74. The van der Waals surface area contributed by atoms with Gasteiger partial charge in [0.15, 0.2) is 0 Å². The van der Waals surface area contributed by atoms with Crippen molar-refractivity contribution in [2.75, 3.05) is 29.6 Å². The zero-order valence-corrected chi connectivity index (χ0v) is 11.7. The lowest BCUT2D eigenvalue weighted by Crippen LogP contribution is -2.21. The predicted molar refractivity (Wildman–Crippen MR) is 79.8 cm³/mol. The quantitative estimate of drug-likeness (QED) is 0.906. The highest BCUT2D eigenvalue weighted by molar-refractivity contribution is 5.99. The smallest absolute Gasteiger partial charge is 0.323 e. The highest BCUT2D eigenvalue weighted by Crippen LogP contribution is 2.19. The number of hydrogen-bond acceptors (Lipinski definition) is 2. The van der Waals surface area contributed by atoms with E-state index in [1.54, 1.807) is 12.1 Å². The zero-order valence-electron chi connectivity index (χ0n) is 11.7. The van der Waals surface area contributed by atoms with E-state index in [0.29, 0.717) is 5.69 Å². The van der Waals surface area contributed by atoms with Crippen LogP contribution in [0.25, 0.3) is 0 Å². The van der Waals surface area contributed by atoms with Crippen LogP contribution in [0, 0.1) is 11.6 Å². The van der Waals surface area contributed by atoms with Gasteiger partial charge in [0.1, 0.15) is 17.3 Å². The third-order valence-electron chi connectivity index (χ3n) is 2.84. The Labute approximate surface area is 121 Å². The summed E-state index contributed by atoms with van der Waals surface area (Å²) >= 11 is 0. The van der Waals surface area contributed by atoms with Crippen molar-refractivity contribution >= 4 is 23.1 Å². The van der Waals surface area contributed by atoms with Crippen LogP contribution in [0.15, 0.2) is 42.5 Å². The molecule has 0 spiro atoms. The molecule has 0 radical (unpaired) electrons. The molecule has 0 bridgehead atoms. The molecule has 2 amide bonds. The van der Waals surface area contributed by atoms with Crippen LogP contribution >= 0.6 is 0 Å². The summed E-state index contributed by atoms with van der Waals surface area (Å²) in [5.41, 5.74) is 1.02. The molecule has 0 aliphatic carbocycles. The van der Waals surface area contributed by atoms with E-state index < -0.39 is 23.4 Å². The number of halogens is 2. The minimum atomic E-state index is -0.826. The largest absolute Gasteiger partial charge is 0.378 e. The Kier molecular flexibility index (Phi) is 4.37. The van der Waals surface area contributed by atoms with Gasteiger partial charge in [0, 0.05) is 25.5 Å². The zero-order chi connectivity index (χ0) is 15.4. The van der Waals surface area contributed by atoms with Gasteiger partial charge < -0.3 is 15.5 Å². The van der Waals surface area contributed by atoms with Crippen LogP contribution in [-0.2, 0) is 0 Å². The Morgan fingerprint density at radius 1 is 0.952 bits per heavy atom. The molecule has 0 heterocycles. The maximum atomic E-state index is 13.4. The number of carbonyl (C=O) groups excluding carboxylic acids is 1. The molecule has 21 heavy (non-hydrogen) atoms. The summed E-state index contributed by atoms with van der Waals surface area (Å²) in [4.78, 5) is 13.7. The van der Waals surface area contributed by atoms with Crippen molar-refractivity contribution < 1.29 is 13.6 Å². The number of urea groups is 1. The Bertz CT molecular complexity index is 622. The van der Waals surface area contributed by atoms with E-state index in [4.69, 9.17) is 0 Å².